The number of carbonyl (C=O) groups excluding carboxylic acids is 3. The number of rotatable bonds is 14. The first-order valence-corrected chi connectivity index (χ1v) is 12.3. The molecule has 8 N–H and O–H groups in total. The lowest BCUT2D eigenvalue weighted by molar-refractivity contribution is -0.142. The minimum atomic E-state index is -1.43. The van der Waals surface area contributed by atoms with Crippen molar-refractivity contribution in [3.05, 3.63) is 65.7 Å². The van der Waals surface area contributed by atoms with Gasteiger partial charge in [0.1, 0.15) is 23.9 Å². The average Bonchev–Trinajstić information content (AvgIpc) is 2.87. The summed E-state index contributed by atoms with van der Waals surface area (Å²) in [6.45, 7) is 2.91. The molecule has 0 saturated heterocycles. The van der Waals surface area contributed by atoms with Gasteiger partial charge in [0.25, 0.3) is 0 Å². The van der Waals surface area contributed by atoms with E-state index in [9.17, 15) is 34.5 Å². The maximum Gasteiger partial charge on any atom is 0.326 e. The molecule has 38 heavy (non-hydrogen) atoms. The van der Waals surface area contributed by atoms with Crippen molar-refractivity contribution >= 4 is 23.7 Å². The Labute approximate surface area is 221 Å². The van der Waals surface area contributed by atoms with Crippen molar-refractivity contribution in [3.63, 3.8) is 0 Å². The summed E-state index contributed by atoms with van der Waals surface area (Å²) in [5.74, 6) is -3.37. The number of phenols is 1. The maximum absolute atomic E-state index is 13.0. The highest BCUT2D eigenvalue weighted by Gasteiger charge is 2.30. The third kappa shape index (κ3) is 9.83. The van der Waals surface area contributed by atoms with Crippen LogP contribution < -0.4 is 21.7 Å². The van der Waals surface area contributed by atoms with E-state index in [2.05, 4.69) is 16.0 Å². The summed E-state index contributed by atoms with van der Waals surface area (Å²) in [4.78, 5) is 50.2. The molecule has 11 nitrogen and oxygen atoms in total. The highest BCUT2D eigenvalue weighted by Crippen LogP contribution is 2.12. The number of phenolic OH excluding ortho intramolecular Hbond substituents is 1. The Bertz CT molecular complexity index is 1080. The first-order chi connectivity index (χ1) is 18.0. The fourth-order valence-corrected chi connectivity index (χ4v) is 3.75. The molecule has 0 fully saturated rings. The number of aliphatic hydroxyl groups excluding tert-OH is 1. The van der Waals surface area contributed by atoms with Crippen LogP contribution in [0.25, 0.3) is 0 Å². The molecule has 4 atom stereocenters. The Kier molecular flexibility index (Phi) is 11.7. The van der Waals surface area contributed by atoms with Crippen LogP contribution in [0.2, 0.25) is 0 Å². The van der Waals surface area contributed by atoms with E-state index in [0.29, 0.717) is 5.56 Å². The largest absolute Gasteiger partial charge is 0.508 e. The summed E-state index contributed by atoms with van der Waals surface area (Å²) in [7, 11) is 0. The molecule has 0 aliphatic heterocycles. The van der Waals surface area contributed by atoms with Gasteiger partial charge in [-0.05, 0) is 42.0 Å². The second-order valence-electron chi connectivity index (χ2n) is 9.50. The first kappa shape index (κ1) is 30.3. The van der Waals surface area contributed by atoms with Crippen molar-refractivity contribution in [2.75, 3.05) is 6.61 Å². The summed E-state index contributed by atoms with van der Waals surface area (Å²) in [5, 5.41) is 36.1. The smallest absolute Gasteiger partial charge is 0.326 e. The molecule has 2 rings (SSSR count). The topological polar surface area (TPSA) is 191 Å². The molecule has 0 radical (unpaired) electrons. The van der Waals surface area contributed by atoms with Crippen molar-refractivity contribution in [1.29, 1.82) is 0 Å². The maximum atomic E-state index is 13.0. The summed E-state index contributed by atoms with van der Waals surface area (Å²) < 4.78 is 0. The van der Waals surface area contributed by atoms with E-state index in [0.717, 1.165) is 5.56 Å². The Balaban J connectivity index is 2.04. The number of carboxylic acids is 1. The number of hydrogen-bond acceptors (Lipinski definition) is 7. The molecule has 2 aromatic carbocycles. The van der Waals surface area contributed by atoms with Crippen LogP contribution in [0.5, 0.6) is 5.75 Å². The lowest BCUT2D eigenvalue weighted by Crippen LogP contribution is -2.58. The number of amides is 3. The summed E-state index contributed by atoms with van der Waals surface area (Å²) in [6.07, 6.45) is 0.412. The van der Waals surface area contributed by atoms with Crippen LogP contribution in [0.3, 0.4) is 0 Å². The molecule has 0 aromatic heterocycles. The number of hydrogen-bond donors (Lipinski definition) is 7. The Morgan fingerprint density at radius 3 is 1.84 bits per heavy atom. The van der Waals surface area contributed by atoms with Gasteiger partial charge in [0, 0.05) is 6.42 Å². The van der Waals surface area contributed by atoms with Crippen LogP contribution in [0, 0.1) is 5.92 Å². The Morgan fingerprint density at radius 2 is 1.29 bits per heavy atom. The van der Waals surface area contributed by atoms with Crippen LogP contribution in [-0.4, -0.2) is 69.8 Å². The van der Waals surface area contributed by atoms with Crippen LogP contribution >= 0.6 is 0 Å². The van der Waals surface area contributed by atoms with Crippen LogP contribution in [0.1, 0.15) is 31.4 Å². The number of aromatic hydroxyl groups is 1. The third-order valence-corrected chi connectivity index (χ3v) is 5.78. The lowest BCUT2D eigenvalue weighted by atomic mass is 10.0. The number of carbonyl (C=O) groups is 4. The molecular weight excluding hydrogens is 492 g/mol. The number of nitrogens with one attached hydrogen (secondary N) is 3. The van der Waals surface area contributed by atoms with Crippen molar-refractivity contribution in [3.8, 4) is 5.75 Å². The number of aliphatic hydroxyl groups is 1. The number of aliphatic carboxylic acids is 1. The molecule has 0 aliphatic carbocycles. The number of benzene rings is 2. The van der Waals surface area contributed by atoms with Gasteiger partial charge >= 0.3 is 5.97 Å². The molecular formula is C27H36N4O7. The molecule has 0 spiro atoms. The zero-order chi connectivity index (χ0) is 28.2. The second-order valence-corrected chi connectivity index (χ2v) is 9.50. The van der Waals surface area contributed by atoms with Crippen molar-refractivity contribution in [2.45, 2.75) is 57.3 Å². The molecule has 11 heteroatoms. The first-order valence-electron chi connectivity index (χ1n) is 12.3. The quantitative estimate of drug-likeness (QED) is 0.179. The second kappa shape index (κ2) is 14.7. The van der Waals surface area contributed by atoms with Gasteiger partial charge in [0.05, 0.1) is 12.6 Å². The SMILES string of the molecule is CC(C)CC(NC(=O)C(N)Cc1ccc(O)cc1)C(=O)NC(CO)C(=O)NC(Cc1ccccc1)C(=O)O. The predicted molar refractivity (Wildman–Crippen MR) is 140 cm³/mol. The van der Waals surface area contributed by atoms with Gasteiger partial charge in [0.15, 0.2) is 0 Å². The van der Waals surface area contributed by atoms with Gasteiger partial charge < -0.3 is 37.0 Å². The fraction of sp³-hybridized carbons (Fsp3) is 0.407. The number of carboxylic acid groups (broad SMARTS) is 1. The standard InChI is InChI=1S/C27H36N4O7/c1-16(2)12-21(29-24(34)20(28)13-18-8-10-19(33)11-9-18)25(35)31-23(15-32)26(36)30-22(27(37)38)14-17-6-4-3-5-7-17/h3-11,16,20-23,32-33H,12-15,28H2,1-2H3,(H,29,34)(H,30,36)(H,31,35)(H,37,38). The zero-order valence-corrected chi connectivity index (χ0v) is 21.5. The molecule has 0 aliphatic rings. The highest BCUT2D eigenvalue weighted by atomic mass is 16.4. The molecule has 2 aromatic rings. The van der Waals surface area contributed by atoms with E-state index in [1.807, 2.05) is 13.8 Å². The average molecular weight is 529 g/mol. The third-order valence-electron chi connectivity index (χ3n) is 5.78. The van der Waals surface area contributed by atoms with E-state index < -0.39 is 54.5 Å². The van der Waals surface area contributed by atoms with Crippen LogP contribution in [-0.2, 0) is 32.0 Å². The zero-order valence-electron chi connectivity index (χ0n) is 21.5. The van der Waals surface area contributed by atoms with Crippen molar-refractivity contribution in [2.24, 2.45) is 11.7 Å². The summed E-state index contributed by atoms with van der Waals surface area (Å²) in [6, 6.07) is 10.2. The minimum absolute atomic E-state index is 0.0111. The molecule has 0 saturated carbocycles. The van der Waals surface area contributed by atoms with Gasteiger partial charge in [-0.1, -0.05) is 56.3 Å². The van der Waals surface area contributed by atoms with E-state index in [-0.39, 0.29) is 30.9 Å². The van der Waals surface area contributed by atoms with E-state index >= 15 is 0 Å². The lowest BCUT2D eigenvalue weighted by Gasteiger charge is -2.25. The Morgan fingerprint density at radius 1 is 0.763 bits per heavy atom. The molecule has 3 amide bonds. The van der Waals surface area contributed by atoms with Gasteiger partial charge in [-0.3, -0.25) is 14.4 Å². The minimum Gasteiger partial charge on any atom is -0.508 e. The highest BCUT2D eigenvalue weighted by molar-refractivity contribution is 5.94. The fourth-order valence-electron chi connectivity index (χ4n) is 3.75. The summed E-state index contributed by atoms with van der Waals surface area (Å²) >= 11 is 0. The predicted octanol–water partition coefficient (Wildman–Crippen LogP) is 0.0821. The monoisotopic (exact) mass is 528 g/mol. The van der Waals surface area contributed by atoms with Gasteiger partial charge in [-0.15, -0.1) is 0 Å². The molecule has 4 unspecified atom stereocenters. The summed E-state index contributed by atoms with van der Waals surface area (Å²) in [5.41, 5.74) is 7.43. The number of nitrogens with two attached hydrogens (primary N) is 1. The normalized spacial score (nSPS) is 14.1. The van der Waals surface area contributed by atoms with E-state index in [1.54, 1.807) is 42.5 Å². The van der Waals surface area contributed by atoms with Crippen molar-refractivity contribution in [1.82, 2.24) is 16.0 Å². The molecule has 0 bridgehead atoms. The van der Waals surface area contributed by atoms with Crippen LogP contribution in [0.4, 0.5) is 0 Å². The van der Waals surface area contributed by atoms with Crippen molar-refractivity contribution < 1.29 is 34.5 Å². The van der Waals surface area contributed by atoms with E-state index in [1.165, 1.54) is 12.1 Å². The van der Waals surface area contributed by atoms with E-state index in [4.69, 9.17) is 5.73 Å². The Hall–Kier alpha value is -3.96. The van der Waals surface area contributed by atoms with Crippen LogP contribution in [0.15, 0.2) is 54.6 Å². The van der Waals surface area contributed by atoms with Gasteiger partial charge in [-0.2, -0.15) is 0 Å². The molecule has 206 valence electrons. The van der Waals surface area contributed by atoms with Gasteiger partial charge in [0.2, 0.25) is 17.7 Å². The van der Waals surface area contributed by atoms with Gasteiger partial charge in [-0.25, -0.2) is 4.79 Å². The molecule has 0 heterocycles.